The van der Waals surface area contributed by atoms with Crippen LogP contribution in [0.15, 0.2) is 54.6 Å². The highest BCUT2D eigenvalue weighted by Crippen LogP contribution is 2.24. The highest BCUT2D eigenvalue weighted by atomic mass is 16.2. The molecule has 3 heteroatoms. The third-order valence-corrected chi connectivity index (χ3v) is 4.59. The number of carbonyl (C=O) groups excluding carboxylic acids is 2. The van der Waals surface area contributed by atoms with Crippen LogP contribution in [-0.4, -0.2) is 29.7 Å². The van der Waals surface area contributed by atoms with E-state index in [-0.39, 0.29) is 17.6 Å². The first kappa shape index (κ1) is 17.0. The summed E-state index contributed by atoms with van der Waals surface area (Å²) in [5, 5.41) is 0. The lowest BCUT2D eigenvalue weighted by atomic mass is 9.89. The Labute approximate surface area is 148 Å². The molecule has 1 heterocycles. The number of nitrogens with zero attached hydrogens (tertiary/aromatic N) is 1. The van der Waals surface area contributed by atoms with E-state index in [2.05, 4.69) is 24.0 Å². The zero-order valence-electron chi connectivity index (χ0n) is 14.4. The lowest BCUT2D eigenvalue weighted by Gasteiger charge is -2.30. The molecule has 0 aliphatic carbocycles. The van der Waals surface area contributed by atoms with Gasteiger partial charge in [-0.25, -0.2) is 0 Å². The third-order valence-electron chi connectivity index (χ3n) is 4.59. The minimum absolute atomic E-state index is 0.113. The number of Topliss-reactive ketones (excluding diaryl/α,β-unsaturated/α-hetero) is 1. The molecule has 2 aromatic rings. The zero-order chi connectivity index (χ0) is 17.6. The van der Waals surface area contributed by atoms with Crippen molar-refractivity contribution >= 4 is 11.7 Å². The fraction of sp³-hybridized carbons (Fsp3) is 0.273. The number of benzene rings is 2. The quantitative estimate of drug-likeness (QED) is 0.634. The fourth-order valence-electron chi connectivity index (χ4n) is 3.25. The molecule has 1 atom stereocenters. The van der Waals surface area contributed by atoms with Crippen LogP contribution in [-0.2, 0) is 4.79 Å². The number of ketones is 1. The van der Waals surface area contributed by atoms with Crippen molar-refractivity contribution in [1.82, 2.24) is 4.90 Å². The van der Waals surface area contributed by atoms with Crippen LogP contribution in [0.2, 0.25) is 0 Å². The smallest absolute Gasteiger partial charge is 0.298 e. The Bertz CT molecular complexity index is 813. The van der Waals surface area contributed by atoms with Crippen LogP contribution in [0, 0.1) is 17.8 Å². The number of carbonyl (C=O) groups is 2. The van der Waals surface area contributed by atoms with Crippen molar-refractivity contribution in [1.29, 1.82) is 0 Å². The third kappa shape index (κ3) is 3.97. The Hall–Kier alpha value is -2.86. The van der Waals surface area contributed by atoms with Gasteiger partial charge in [0.25, 0.3) is 5.91 Å². The van der Waals surface area contributed by atoms with Gasteiger partial charge in [0.15, 0.2) is 5.78 Å². The number of piperidine rings is 1. The van der Waals surface area contributed by atoms with E-state index in [0.29, 0.717) is 18.7 Å². The van der Waals surface area contributed by atoms with Crippen molar-refractivity contribution < 1.29 is 9.59 Å². The van der Waals surface area contributed by atoms with Crippen molar-refractivity contribution in [3.05, 3.63) is 60.2 Å². The molecular weight excluding hydrogens is 310 g/mol. The molecule has 25 heavy (non-hydrogen) atoms. The molecule has 1 saturated heterocycles. The average Bonchev–Trinajstić information content (AvgIpc) is 2.68. The summed E-state index contributed by atoms with van der Waals surface area (Å²) in [5.41, 5.74) is 2.94. The lowest BCUT2D eigenvalue weighted by Crippen LogP contribution is -2.41. The van der Waals surface area contributed by atoms with Crippen LogP contribution in [0.5, 0.6) is 0 Å². The normalized spacial score (nSPS) is 16.7. The van der Waals surface area contributed by atoms with E-state index in [1.54, 1.807) is 11.8 Å². The van der Waals surface area contributed by atoms with Crippen LogP contribution in [0.25, 0.3) is 11.1 Å². The first-order valence-corrected chi connectivity index (χ1v) is 8.60. The molecule has 0 unspecified atom stereocenters. The Balaban J connectivity index is 1.72. The van der Waals surface area contributed by atoms with E-state index < -0.39 is 0 Å². The second kappa shape index (κ2) is 7.81. The van der Waals surface area contributed by atoms with Gasteiger partial charge in [0, 0.05) is 24.6 Å². The maximum absolute atomic E-state index is 12.8. The van der Waals surface area contributed by atoms with E-state index in [0.717, 1.165) is 24.0 Å². The summed E-state index contributed by atoms with van der Waals surface area (Å²) in [7, 11) is 0. The number of amides is 1. The van der Waals surface area contributed by atoms with Crippen molar-refractivity contribution in [2.75, 3.05) is 13.1 Å². The molecule has 1 amide bonds. The molecule has 3 rings (SSSR count). The van der Waals surface area contributed by atoms with Crippen molar-refractivity contribution in [3.8, 4) is 23.0 Å². The van der Waals surface area contributed by atoms with Gasteiger partial charge in [-0.05, 0) is 36.8 Å². The molecule has 1 fully saturated rings. The zero-order valence-corrected chi connectivity index (χ0v) is 14.4. The Kier molecular flexibility index (Phi) is 5.30. The summed E-state index contributed by atoms with van der Waals surface area (Å²) in [4.78, 5) is 26.4. The van der Waals surface area contributed by atoms with Crippen LogP contribution < -0.4 is 0 Å². The van der Waals surface area contributed by atoms with Gasteiger partial charge in [0.05, 0.1) is 0 Å². The topological polar surface area (TPSA) is 37.4 Å². The van der Waals surface area contributed by atoms with Gasteiger partial charge < -0.3 is 4.90 Å². The molecule has 1 aliphatic heterocycles. The minimum Gasteiger partial charge on any atom is -0.331 e. The average molecular weight is 331 g/mol. The molecular formula is C22H21NO2. The maximum Gasteiger partial charge on any atom is 0.298 e. The Morgan fingerprint density at radius 3 is 2.36 bits per heavy atom. The SMILES string of the molecule is CC#CC(=O)N1CCC[C@@H](C(=O)c2ccc(-c3ccccc3)cc2)C1. The first-order chi connectivity index (χ1) is 12.2. The van der Waals surface area contributed by atoms with Crippen molar-refractivity contribution in [2.24, 2.45) is 5.92 Å². The van der Waals surface area contributed by atoms with Crippen molar-refractivity contribution in [2.45, 2.75) is 19.8 Å². The monoisotopic (exact) mass is 331 g/mol. The molecule has 126 valence electrons. The fourth-order valence-corrected chi connectivity index (χ4v) is 3.25. The van der Waals surface area contributed by atoms with Gasteiger partial charge in [0.2, 0.25) is 0 Å². The van der Waals surface area contributed by atoms with E-state index in [4.69, 9.17) is 0 Å². The number of rotatable bonds is 3. The van der Waals surface area contributed by atoms with Gasteiger partial charge in [0.1, 0.15) is 0 Å². The standard InChI is InChI=1S/C22H21NO2/c1-2-7-21(24)23-15-6-10-20(16-23)22(25)19-13-11-18(12-14-19)17-8-4-3-5-9-17/h3-5,8-9,11-14,20H,6,10,15-16H2,1H3/t20-/m1/s1. The summed E-state index contributed by atoms with van der Waals surface area (Å²) in [6.07, 6.45) is 1.66. The summed E-state index contributed by atoms with van der Waals surface area (Å²) >= 11 is 0. The predicted octanol–water partition coefficient (Wildman–Crippen LogP) is 3.80. The molecule has 0 spiro atoms. The summed E-state index contributed by atoms with van der Waals surface area (Å²) in [5.74, 6) is 4.99. The molecule has 2 aromatic carbocycles. The minimum atomic E-state index is -0.181. The molecule has 0 radical (unpaired) electrons. The first-order valence-electron chi connectivity index (χ1n) is 8.60. The molecule has 1 aliphatic rings. The van der Waals surface area contributed by atoms with E-state index in [1.165, 1.54) is 0 Å². The van der Waals surface area contributed by atoms with Crippen LogP contribution in [0.4, 0.5) is 0 Å². The highest BCUT2D eigenvalue weighted by Gasteiger charge is 2.28. The second-order valence-electron chi connectivity index (χ2n) is 6.27. The van der Waals surface area contributed by atoms with Gasteiger partial charge in [-0.2, -0.15) is 0 Å². The summed E-state index contributed by atoms with van der Waals surface area (Å²) in [6, 6.07) is 17.8. The van der Waals surface area contributed by atoms with Gasteiger partial charge in [-0.3, -0.25) is 9.59 Å². The number of hydrogen-bond acceptors (Lipinski definition) is 2. The van der Waals surface area contributed by atoms with Crippen molar-refractivity contribution in [3.63, 3.8) is 0 Å². The summed E-state index contributed by atoms with van der Waals surface area (Å²) < 4.78 is 0. The number of likely N-dealkylation sites (tertiary alicyclic amines) is 1. The van der Waals surface area contributed by atoms with Crippen LogP contribution in [0.1, 0.15) is 30.1 Å². The molecule has 0 N–H and O–H groups in total. The molecule has 0 bridgehead atoms. The maximum atomic E-state index is 12.8. The summed E-state index contributed by atoms with van der Waals surface area (Å²) in [6.45, 7) is 2.80. The van der Waals surface area contributed by atoms with Crippen LogP contribution in [0.3, 0.4) is 0 Å². The highest BCUT2D eigenvalue weighted by molar-refractivity contribution is 5.99. The van der Waals surface area contributed by atoms with Gasteiger partial charge in [-0.1, -0.05) is 60.5 Å². The van der Waals surface area contributed by atoms with E-state index in [1.807, 2.05) is 42.5 Å². The largest absolute Gasteiger partial charge is 0.331 e. The lowest BCUT2D eigenvalue weighted by molar-refractivity contribution is -0.126. The van der Waals surface area contributed by atoms with Gasteiger partial charge in [-0.15, -0.1) is 0 Å². The van der Waals surface area contributed by atoms with E-state index >= 15 is 0 Å². The number of hydrogen-bond donors (Lipinski definition) is 0. The Morgan fingerprint density at radius 2 is 1.68 bits per heavy atom. The predicted molar refractivity (Wildman–Crippen MR) is 99.0 cm³/mol. The second-order valence-corrected chi connectivity index (χ2v) is 6.27. The van der Waals surface area contributed by atoms with E-state index in [9.17, 15) is 9.59 Å². The van der Waals surface area contributed by atoms with Crippen LogP contribution >= 0.6 is 0 Å². The molecule has 3 nitrogen and oxygen atoms in total. The molecule has 0 aromatic heterocycles. The molecule has 0 saturated carbocycles. The Morgan fingerprint density at radius 1 is 1.00 bits per heavy atom. The van der Waals surface area contributed by atoms with Gasteiger partial charge >= 0.3 is 0 Å².